The van der Waals surface area contributed by atoms with Crippen LogP contribution in [0.15, 0.2) is 52.3 Å². The molecule has 204 valence electrons. The van der Waals surface area contributed by atoms with Crippen molar-refractivity contribution in [2.75, 3.05) is 25.1 Å². The molecule has 1 saturated heterocycles. The lowest BCUT2D eigenvalue weighted by Gasteiger charge is -2.26. The van der Waals surface area contributed by atoms with Gasteiger partial charge in [0.25, 0.3) is 5.56 Å². The molecule has 0 amide bonds. The van der Waals surface area contributed by atoms with E-state index in [0.717, 1.165) is 26.2 Å². The number of benzene rings is 1. The molecular weight excluding hydrogens is 569 g/mol. The summed E-state index contributed by atoms with van der Waals surface area (Å²) in [5, 5.41) is 9.74. The van der Waals surface area contributed by atoms with E-state index in [0.29, 0.717) is 0 Å². The molecule has 1 unspecified atom stereocenters. The van der Waals surface area contributed by atoms with E-state index in [-0.39, 0.29) is 50.6 Å². The number of β-amino-alcohol motifs (C(OH)–C–C–N with tert-alkyl or cyclic N) is 1. The van der Waals surface area contributed by atoms with Gasteiger partial charge in [-0.05, 0) is 24.3 Å². The minimum atomic E-state index is -4.89. The third kappa shape index (κ3) is 4.49. The Morgan fingerprint density at radius 3 is 2.44 bits per heavy atom. The maximum absolute atomic E-state index is 14.0. The minimum absolute atomic E-state index is 0.00210. The molecular formula is C24H17Cl2F4N5O4. The number of hydrogen-bond donors (Lipinski definition) is 1. The van der Waals surface area contributed by atoms with Crippen molar-refractivity contribution in [3.8, 4) is 17.3 Å². The Morgan fingerprint density at radius 1 is 1.08 bits per heavy atom. The summed E-state index contributed by atoms with van der Waals surface area (Å²) in [5.41, 5.74) is -4.87. The van der Waals surface area contributed by atoms with Gasteiger partial charge >= 0.3 is 11.9 Å². The Morgan fingerprint density at radius 2 is 1.82 bits per heavy atom. The fourth-order valence-electron chi connectivity index (χ4n) is 4.43. The van der Waals surface area contributed by atoms with Crippen LogP contribution in [0, 0.1) is 5.82 Å². The van der Waals surface area contributed by atoms with Crippen LogP contribution < -0.4 is 20.9 Å². The Bertz CT molecular complexity index is 1740. The third-order valence-corrected chi connectivity index (χ3v) is 6.89. The first-order valence-electron chi connectivity index (χ1n) is 11.2. The van der Waals surface area contributed by atoms with Crippen molar-refractivity contribution in [3.05, 3.63) is 79.4 Å². The van der Waals surface area contributed by atoms with Gasteiger partial charge in [0.15, 0.2) is 5.60 Å². The number of fused-ring (bicyclic) bond motifs is 1. The van der Waals surface area contributed by atoms with Gasteiger partial charge < -0.3 is 14.7 Å². The number of ether oxygens (including phenoxy) is 1. The lowest BCUT2D eigenvalue weighted by atomic mass is 10.0. The summed E-state index contributed by atoms with van der Waals surface area (Å²) in [6, 6.07) is 5.93. The van der Waals surface area contributed by atoms with Crippen molar-refractivity contribution in [2.24, 2.45) is 0 Å². The van der Waals surface area contributed by atoms with Crippen molar-refractivity contribution in [3.63, 3.8) is 0 Å². The lowest BCUT2D eigenvalue weighted by Crippen LogP contribution is -2.47. The number of alkyl halides is 3. The van der Waals surface area contributed by atoms with Crippen LogP contribution in [0.5, 0.6) is 5.88 Å². The van der Waals surface area contributed by atoms with E-state index in [1.807, 2.05) is 0 Å². The van der Waals surface area contributed by atoms with Crippen LogP contribution in [0.25, 0.3) is 22.3 Å². The van der Waals surface area contributed by atoms with Crippen LogP contribution in [0.2, 0.25) is 10.0 Å². The number of halogens is 6. The molecule has 39 heavy (non-hydrogen) atoms. The molecule has 4 aromatic rings. The van der Waals surface area contributed by atoms with Gasteiger partial charge in [-0.1, -0.05) is 23.2 Å². The Hall–Kier alpha value is -3.68. The smallest absolute Gasteiger partial charge is 0.418 e. The fraction of sp³-hybridized carbons (Fsp3) is 0.250. The zero-order valence-electron chi connectivity index (χ0n) is 19.8. The fourth-order valence-corrected chi connectivity index (χ4v) is 4.77. The highest BCUT2D eigenvalue weighted by atomic mass is 35.5. The number of pyridine rings is 2. The first-order chi connectivity index (χ1) is 18.3. The SMILES string of the molecule is COc1nc(N2CCC(O)(C(F)(F)F)C2)cc2c1c(=O)n(-c1cncc(Cl)c1)c(=O)n2-c1ccc(F)c(Cl)c1. The number of rotatable bonds is 4. The van der Waals surface area contributed by atoms with E-state index in [9.17, 15) is 32.3 Å². The molecule has 1 aliphatic heterocycles. The first kappa shape index (κ1) is 26.9. The average molecular weight is 586 g/mol. The molecule has 0 radical (unpaired) electrons. The van der Waals surface area contributed by atoms with Crippen LogP contribution in [0.4, 0.5) is 23.4 Å². The second-order valence-corrected chi connectivity index (χ2v) is 9.65. The molecule has 0 spiro atoms. The van der Waals surface area contributed by atoms with Crippen molar-refractivity contribution in [1.29, 1.82) is 0 Å². The van der Waals surface area contributed by atoms with Crippen molar-refractivity contribution < 1.29 is 27.4 Å². The summed E-state index contributed by atoms with van der Waals surface area (Å²) in [6.07, 6.45) is -3.00. The number of aromatic nitrogens is 4. The number of methoxy groups -OCH3 is 1. The van der Waals surface area contributed by atoms with E-state index in [4.69, 9.17) is 27.9 Å². The molecule has 0 saturated carbocycles. The van der Waals surface area contributed by atoms with Gasteiger partial charge in [-0.3, -0.25) is 14.3 Å². The van der Waals surface area contributed by atoms with Gasteiger partial charge in [-0.2, -0.15) is 18.2 Å². The summed E-state index contributed by atoms with van der Waals surface area (Å²) in [7, 11) is 1.19. The van der Waals surface area contributed by atoms with Crippen molar-refractivity contribution in [2.45, 2.75) is 18.2 Å². The Labute approximate surface area is 226 Å². The first-order valence-corrected chi connectivity index (χ1v) is 12.0. The van der Waals surface area contributed by atoms with Gasteiger partial charge in [0, 0.05) is 25.2 Å². The van der Waals surface area contributed by atoms with Crippen LogP contribution in [0.1, 0.15) is 6.42 Å². The molecule has 1 fully saturated rings. The molecule has 4 heterocycles. The highest BCUT2D eigenvalue weighted by Gasteiger charge is 2.57. The van der Waals surface area contributed by atoms with E-state index in [1.165, 1.54) is 37.7 Å². The largest absolute Gasteiger partial charge is 0.480 e. The van der Waals surface area contributed by atoms with Gasteiger partial charge in [0.05, 0.1) is 46.8 Å². The second kappa shape index (κ2) is 9.50. The van der Waals surface area contributed by atoms with E-state index < -0.39 is 41.8 Å². The van der Waals surface area contributed by atoms with Crippen LogP contribution in [0.3, 0.4) is 0 Å². The number of anilines is 1. The zero-order valence-corrected chi connectivity index (χ0v) is 21.4. The molecule has 9 nitrogen and oxygen atoms in total. The molecule has 1 atom stereocenters. The molecule has 3 aromatic heterocycles. The van der Waals surface area contributed by atoms with Crippen molar-refractivity contribution in [1.82, 2.24) is 19.1 Å². The number of nitrogens with zero attached hydrogens (tertiary/aromatic N) is 5. The highest BCUT2D eigenvalue weighted by Crippen LogP contribution is 2.40. The molecule has 1 N–H and O–H groups in total. The molecule has 15 heteroatoms. The quantitative estimate of drug-likeness (QED) is 0.362. The zero-order chi connectivity index (χ0) is 28.3. The van der Waals surface area contributed by atoms with Crippen LogP contribution >= 0.6 is 23.2 Å². The van der Waals surface area contributed by atoms with Crippen LogP contribution in [-0.4, -0.2) is 56.2 Å². The van der Waals surface area contributed by atoms with E-state index in [1.54, 1.807) is 0 Å². The predicted octanol–water partition coefficient (Wildman–Crippen LogP) is 3.89. The lowest BCUT2D eigenvalue weighted by molar-refractivity contribution is -0.250. The second-order valence-electron chi connectivity index (χ2n) is 8.80. The van der Waals surface area contributed by atoms with Gasteiger partial charge in [-0.15, -0.1) is 0 Å². The topological polar surface area (TPSA) is 102 Å². The van der Waals surface area contributed by atoms with Crippen LogP contribution in [-0.2, 0) is 0 Å². The third-order valence-electron chi connectivity index (χ3n) is 6.40. The molecule has 5 rings (SSSR count). The molecule has 0 bridgehead atoms. The summed E-state index contributed by atoms with van der Waals surface area (Å²) in [5.74, 6) is -1.17. The van der Waals surface area contributed by atoms with Gasteiger partial charge in [-0.25, -0.2) is 13.8 Å². The summed E-state index contributed by atoms with van der Waals surface area (Å²) >= 11 is 12.0. The highest BCUT2D eigenvalue weighted by molar-refractivity contribution is 6.31. The molecule has 1 aliphatic rings. The van der Waals surface area contributed by atoms with Gasteiger partial charge in [0.2, 0.25) is 5.88 Å². The Balaban J connectivity index is 1.85. The van der Waals surface area contributed by atoms with Crippen molar-refractivity contribution >= 4 is 39.9 Å². The number of aliphatic hydroxyl groups is 1. The predicted molar refractivity (Wildman–Crippen MR) is 135 cm³/mol. The number of hydrogen-bond acceptors (Lipinski definition) is 7. The minimum Gasteiger partial charge on any atom is -0.480 e. The molecule has 0 aliphatic carbocycles. The maximum atomic E-state index is 14.0. The summed E-state index contributed by atoms with van der Waals surface area (Å²) in [4.78, 5) is 36.8. The standard InChI is InChI=1S/C24H17Cl2F4N5O4/c1-39-20-19-17(8-18(32-20)33-5-4-23(38,11-33)24(28,29)30)34(13-2-3-16(27)15(26)7-13)22(37)35(21(19)36)14-6-12(25)9-31-10-14/h2-3,6-10,38H,4-5,11H2,1H3. The summed E-state index contributed by atoms with van der Waals surface area (Å²) < 4.78 is 61.5. The normalized spacial score (nSPS) is 17.7. The maximum Gasteiger partial charge on any atom is 0.418 e. The monoisotopic (exact) mass is 585 g/mol. The summed E-state index contributed by atoms with van der Waals surface area (Å²) in [6.45, 7) is -1.06. The average Bonchev–Trinajstić information content (AvgIpc) is 3.29. The molecule has 1 aromatic carbocycles. The van der Waals surface area contributed by atoms with Gasteiger partial charge in [0.1, 0.15) is 17.0 Å². The van der Waals surface area contributed by atoms with E-state index in [2.05, 4.69) is 9.97 Å². The van der Waals surface area contributed by atoms with E-state index >= 15 is 0 Å². The Kier molecular flexibility index (Phi) is 6.56.